The topological polar surface area (TPSA) is 216 Å². The monoisotopic (exact) mass is 521 g/mol. The minimum Gasteiger partial charge on any atom is -0.480 e. The van der Waals surface area contributed by atoms with Crippen LogP contribution in [0, 0.1) is 5.41 Å². The minimum atomic E-state index is -1.14. The number of nitrogens with two attached hydrogens (primary N) is 2. The number of carbonyl (C=O) groups excluding carboxylic acids is 3. The van der Waals surface area contributed by atoms with Crippen LogP contribution in [0.15, 0.2) is 54.7 Å². The summed E-state index contributed by atoms with van der Waals surface area (Å²) in [5.74, 6) is -2.96. The van der Waals surface area contributed by atoms with Gasteiger partial charge in [0.05, 0.1) is 12.6 Å². The summed E-state index contributed by atoms with van der Waals surface area (Å²) in [6, 6.07) is 12.2. The number of hydrogen-bond acceptors (Lipinski definition) is 6. The maximum atomic E-state index is 13.2. The van der Waals surface area contributed by atoms with Gasteiger partial charge in [0.1, 0.15) is 11.9 Å². The van der Waals surface area contributed by atoms with E-state index in [1.807, 2.05) is 24.3 Å². The molecule has 0 aliphatic carbocycles. The molecule has 0 aliphatic rings. The predicted molar refractivity (Wildman–Crippen MR) is 141 cm³/mol. The molecule has 0 radical (unpaired) electrons. The summed E-state index contributed by atoms with van der Waals surface area (Å²) >= 11 is 0. The average molecular weight is 522 g/mol. The number of nitrogens with one attached hydrogen (secondary N) is 5. The molecule has 0 aliphatic heterocycles. The highest BCUT2D eigenvalue weighted by Gasteiger charge is 2.27. The largest absolute Gasteiger partial charge is 0.480 e. The number of amides is 3. The number of rotatable bonds is 14. The van der Waals surface area contributed by atoms with Gasteiger partial charge in [-0.25, -0.2) is 0 Å². The third-order valence-electron chi connectivity index (χ3n) is 5.96. The summed E-state index contributed by atoms with van der Waals surface area (Å²) in [7, 11) is 0. The van der Waals surface area contributed by atoms with E-state index in [1.54, 1.807) is 30.5 Å². The van der Waals surface area contributed by atoms with E-state index in [4.69, 9.17) is 22.0 Å². The highest BCUT2D eigenvalue weighted by molar-refractivity contribution is 5.95. The Bertz CT molecular complexity index is 1320. The van der Waals surface area contributed by atoms with Gasteiger partial charge in [-0.2, -0.15) is 0 Å². The van der Waals surface area contributed by atoms with Gasteiger partial charge in [-0.1, -0.05) is 42.5 Å². The van der Waals surface area contributed by atoms with Gasteiger partial charge in [-0.3, -0.25) is 29.9 Å². The Kier molecular flexibility index (Phi) is 9.54. The zero-order valence-corrected chi connectivity index (χ0v) is 20.6. The maximum absolute atomic E-state index is 13.2. The van der Waals surface area contributed by atoms with Gasteiger partial charge < -0.3 is 32.2 Å². The quantitative estimate of drug-likeness (QED) is 0.108. The zero-order chi connectivity index (χ0) is 27.7. The second-order valence-electron chi connectivity index (χ2n) is 8.79. The maximum Gasteiger partial charge on any atom is 0.317 e. The molecule has 3 aromatic rings. The Morgan fingerprint density at radius 2 is 1.68 bits per heavy atom. The number of aromatic amines is 1. The third-order valence-corrected chi connectivity index (χ3v) is 5.96. The fourth-order valence-corrected chi connectivity index (χ4v) is 3.93. The number of aromatic nitrogens is 1. The van der Waals surface area contributed by atoms with Crippen molar-refractivity contribution in [1.29, 1.82) is 5.41 Å². The SMILES string of the molecule is N=C(N)c1ccc(CNC(=O)[C@H](CCC(N)=O)NC(=O)[C@@H](Cc2c[nH]c3ccccc23)NCC(=O)O)cc1. The van der Waals surface area contributed by atoms with Crippen molar-refractivity contribution in [3.05, 3.63) is 71.4 Å². The Morgan fingerprint density at radius 1 is 0.974 bits per heavy atom. The molecule has 0 spiro atoms. The lowest BCUT2D eigenvalue weighted by atomic mass is 10.0. The molecule has 2 atom stereocenters. The average Bonchev–Trinajstić information content (AvgIpc) is 3.30. The number of aliphatic carboxylic acids is 1. The zero-order valence-electron chi connectivity index (χ0n) is 20.6. The molecule has 1 aromatic heterocycles. The van der Waals surface area contributed by atoms with Crippen LogP contribution in [0.3, 0.4) is 0 Å². The summed E-state index contributed by atoms with van der Waals surface area (Å²) in [6.07, 6.45) is 1.74. The van der Waals surface area contributed by atoms with E-state index in [2.05, 4.69) is 20.9 Å². The molecule has 1 heterocycles. The van der Waals surface area contributed by atoms with Crippen LogP contribution in [0.4, 0.5) is 0 Å². The van der Waals surface area contributed by atoms with Gasteiger partial charge in [0, 0.05) is 35.6 Å². The van der Waals surface area contributed by atoms with Gasteiger partial charge in [-0.15, -0.1) is 0 Å². The van der Waals surface area contributed by atoms with Crippen molar-refractivity contribution in [3.8, 4) is 0 Å². The van der Waals surface area contributed by atoms with Crippen LogP contribution < -0.4 is 27.4 Å². The number of carbonyl (C=O) groups is 4. The molecule has 10 N–H and O–H groups in total. The van der Waals surface area contributed by atoms with Crippen LogP contribution in [-0.4, -0.2) is 58.2 Å². The number of para-hydroxylation sites is 1. The first-order chi connectivity index (χ1) is 18.1. The number of nitrogen functional groups attached to an aromatic ring is 1. The number of H-pyrrole nitrogens is 1. The summed E-state index contributed by atoms with van der Waals surface area (Å²) in [4.78, 5) is 51.9. The molecule has 12 heteroatoms. The third kappa shape index (κ3) is 7.90. The first-order valence-corrected chi connectivity index (χ1v) is 11.9. The molecular weight excluding hydrogens is 490 g/mol. The molecule has 12 nitrogen and oxygen atoms in total. The molecule has 3 amide bonds. The van der Waals surface area contributed by atoms with Crippen molar-refractivity contribution in [3.63, 3.8) is 0 Å². The second-order valence-corrected chi connectivity index (χ2v) is 8.79. The van der Waals surface area contributed by atoms with Crippen LogP contribution in [0.2, 0.25) is 0 Å². The van der Waals surface area contributed by atoms with E-state index in [9.17, 15) is 19.2 Å². The molecule has 0 saturated heterocycles. The molecular formula is C26H31N7O5. The lowest BCUT2D eigenvalue weighted by Crippen LogP contribution is -2.54. The van der Waals surface area contributed by atoms with E-state index in [1.165, 1.54) is 0 Å². The number of hydrogen-bond donors (Lipinski definition) is 8. The van der Waals surface area contributed by atoms with Gasteiger partial charge in [-0.05, 0) is 30.0 Å². The van der Waals surface area contributed by atoms with Gasteiger partial charge in [0.25, 0.3) is 0 Å². The molecule has 0 bridgehead atoms. The predicted octanol–water partition coefficient (Wildman–Crippen LogP) is 0.104. The Balaban J connectivity index is 1.72. The molecule has 38 heavy (non-hydrogen) atoms. The molecule has 0 fully saturated rings. The van der Waals surface area contributed by atoms with Crippen molar-refractivity contribution in [2.24, 2.45) is 11.5 Å². The van der Waals surface area contributed by atoms with Crippen molar-refractivity contribution in [2.75, 3.05) is 6.54 Å². The summed E-state index contributed by atoms with van der Waals surface area (Å²) in [6.45, 7) is -0.329. The Hall–Kier alpha value is -4.71. The number of carboxylic acid groups (broad SMARTS) is 1. The van der Waals surface area contributed by atoms with E-state index in [0.29, 0.717) is 5.56 Å². The smallest absolute Gasteiger partial charge is 0.317 e. The van der Waals surface area contributed by atoms with E-state index in [0.717, 1.165) is 22.0 Å². The first kappa shape index (κ1) is 27.9. The minimum absolute atomic E-state index is 0.0328. The van der Waals surface area contributed by atoms with Gasteiger partial charge >= 0.3 is 5.97 Å². The highest BCUT2D eigenvalue weighted by Crippen LogP contribution is 2.19. The second kappa shape index (κ2) is 13.0. The van der Waals surface area contributed by atoms with Crippen molar-refractivity contribution in [1.82, 2.24) is 20.9 Å². The fourth-order valence-electron chi connectivity index (χ4n) is 3.93. The number of primary amides is 1. The number of amidine groups is 1. The fraction of sp³-hybridized carbons (Fsp3) is 0.269. The molecule has 3 rings (SSSR count). The van der Waals surface area contributed by atoms with Gasteiger partial charge in [0.15, 0.2) is 0 Å². The molecule has 0 unspecified atom stereocenters. The van der Waals surface area contributed by atoms with Crippen molar-refractivity contribution < 1.29 is 24.3 Å². The van der Waals surface area contributed by atoms with E-state index >= 15 is 0 Å². The lowest BCUT2D eigenvalue weighted by Gasteiger charge is -2.23. The van der Waals surface area contributed by atoms with E-state index in [-0.39, 0.29) is 31.6 Å². The Morgan fingerprint density at radius 3 is 2.34 bits per heavy atom. The van der Waals surface area contributed by atoms with Crippen LogP contribution in [0.5, 0.6) is 0 Å². The van der Waals surface area contributed by atoms with Crippen molar-refractivity contribution >= 4 is 40.4 Å². The lowest BCUT2D eigenvalue weighted by molar-refractivity contribution is -0.136. The van der Waals surface area contributed by atoms with E-state index < -0.39 is 42.3 Å². The standard InChI is InChI=1S/C26H31N7O5/c27-22(34)10-9-20(25(37)32-12-15-5-7-16(8-6-15)24(28)29)33-26(38)21(31-14-23(35)36)11-17-13-30-19-4-2-1-3-18(17)19/h1-8,13,20-21,30-31H,9-12,14H2,(H2,27,34)(H3,28,29)(H,32,37)(H,33,38)(H,35,36)/t20-,21+/m0/s1. The molecule has 0 saturated carbocycles. The summed E-state index contributed by atoms with van der Waals surface area (Å²) < 4.78 is 0. The van der Waals surface area contributed by atoms with Crippen LogP contribution >= 0.6 is 0 Å². The number of benzene rings is 2. The number of fused-ring (bicyclic) bond motifs is 1. The van der Waals surface area contributed by atoms with Crippen LogP contribution in [0.25, 0.3) is 10.9 Å². The van der Waals surface area contributed by atoms with Crippen molar-refractivity contribution in [2.45, 2.75) is 37.9 Å². The molecule has 200 valence electrons. The normalized spacial score (nSPS) is 12.4. The number of carboxylic acids is 1. The van der Waals surface area contributed by atoms with Crippen LogP contribution in [-0.2, 0) is 32.1 Å². The summed E-state index contributed by atoms with van der Waals surface area (Å²) in [5, 5.41) is 25.6. The first-order valence-electron chi connectivity index (χ1n) is 11.9. The molecule has 2 aromatic carbocycles. The van der Waals surface area contributed by atoms with Crippen LogP contribution in [0.1, 0.15) is 29.5 Å². The van der Waals surface area contributed by atoms with Gasteiger partial charge in [0.2, 0.25) is 17.7 Å². The highest BCUT2D eigenvalue weighted by atomic mass is 16.4. The summed E-state index contributed by atoms with van der Waals surface area (Å²) in [5.41, 5.74) is 13.7. The Labute approximate surface area is 218 Å².